The second-order valence-electron chi connectivity index (χ2n) is 3.33. The van der Waals surface area contributed by atoms with Crippen molar-refractivity contribution in [3.8, 4) is 0 Å². The fourth-order valence-electron chi connectivity index (χ4n) is 1.17. The molecule has 5 nitrogen and oxygen atoms in total. The first-order valence-corrected chi connectivity index (χ1v) is 5.77. The van der Waals surface area contributed by atoms with Gasteiger partial charge in [0.05, 0.1) is 6.61 Å². The molecule has 2 N–H and O–H groups in total. The van der Waals surface area contributed by atoms with Gasteiger partial charge >= 0.3 is 6.03 Å². The number of carbonyl (C=O) groups is 1. The van der Waals surface area contributed by atoms with Gasteiger partial charge in [0.1, 0.15) is 5.76 Å². The van der Waals surface area contributed by atoms with Crippen molar-refractivity contribution in [3.63, 3.8) is 0 Å². The fraction of sp³-hybridized carbons (Fsp3) is 0.500. The van der Waals surface area contributed by atoms with E-state index in [1.165, 1.54) is 4.90 Å². The Morgan fingerprint density at radius 3 is 2.94 bits per heavy atom. The smallest absolute Gasteiger partial charge is 0.317 e. The molecular formula is C10H15BrN2O3. The number of hydrogen-bond donors (Lipinski definition) is 2. The summed E-state index contributed by atoms with van der Waals surface area (Å²) < 4.78 is 5.97. The van der Waals surface area contributed by atoms with Gasteiger partial charge in [-0.2, -0.15) is 0 Å². The van der Waals surface area contributed by atoms with E-state index in [0.29, 0.717) is 24.2 Å². The van der Waals surface area contributed by atoms with E-state index in [9.17, 15) is 4.79 Å². The highest BCUT2D eigenvalue weighted by atomic mass is 79.9. The van der Waals surface area contributed by atoms with E-state index in [1.807, 2.05) is 12.1 Å². The summed E-state index contributed by atoms with van der Waals surface area (Å²) >= 11 is 3.21. The predicted octanol–water partition coefficient (Wildman–Crippen LogP) is 1.22. The van der Waals surface area contributed by atoms with Crippen LogP contribution in [-0.2, 0) is 6.42 Å². The highest BCUT2D eigenvalue weighted by Crippen LogP contribution is 2.13. The average molecular weight is 291 g/mol. The Hall–Kier alpha value is -1.01. The third-order valence-electron chi connectivity index (χ3n) is 2.06. The summed E-state index contributed by atoms with van der Waals surface area (Å²) in [6.45, 7) is 0.807. The van der Waals surface area contributed by atoms with E-state index in [4.69, 9.17) is 9.52 Å². The SMILES string of the molecule is CN(CCO)C(=O)NCCc1ccc(Br)o1. The lowest BCUT2D eigenvalue weighted by Gasteiger charge is -2.16. The number of hydrogen-bond acceptors (Lipinski definition) is 3. The molecule has 6 heteroatoms. The van der Waals surface area contributed by atoms with Gasteiger partial charge in [0.2, 0.25) is 0 Å². The number of furan rings is 1. The van der Waals surface area contributed by atoms with Crippen molar-refractivity contribution in [1.29, 1.82) is 0 Å². The van der Waals surface area contributed by atoms with Gasteiger partial charge in [0.25, 0.3) is 0 Å². The van der Waals surface area contributed by atoms with E-state index in [1.54, 1.807) is 7.05 Å². The summed E-state index contributed by atoms with van der Waals surface area (Å²) in [5, 5.41) is 11.4. The van der Waals surface area contributed by atoms with Crippen LogP contribution in [0.3, 0.4) is 0 Å². The number of nitrogens with zero attached hydrogens (tertiary/aromatic N) is 1. The summed E-state index contributed by atoms with van der Waals surface area (Å²) in [6.07, 6.45) is 0.643. The molecule has 0 saturated heterocycles. The number of halogens is 1. The lowest BCUT2D eigenvalue weighted by Crippen LogP contribution is -2.39. The minimum Gasteiger partial charge on any atom is -0.454 e. The van der Waals surface area contributed by atoms with Gasteiger partial charge in [0.15, 0.2) is 4.67 Å². The summed E-state index contributed by atoms with van der Waals surface area (Å²) in [5.41, 5.74) is 0. The van der Waals surface area contributed by atoms with Crippen LogP contribution in [0, 0.1) is 0 Å². The topological polar surface area (TPSA) is 65.7 Å². The second-order valence-corrected chi connectivity index (χ2v) is 4.11. The van der Waals surface area contributed by atoms with Crippen molar-refractivity contribution in [2.45, 2.75) is 6.42 Å². The molecule has 90 valence electrons. The molecule has 0 aromatic carbocycles. The van der Waals surface area contributed by atoms with E-state index < -0.39 is 0 Å². The largest absolute Gasteiger partial charge is 0.454 e. The number of aliphatic hydroxyl groups is 1. The third-order valence-corrected chi connectivity index (χ3v) is 2.48. The van der Waals surface area contributed by atoms with E-state index in [2.05, 4.69) is 21.2 Å². The summed E-state index contributed by atoms with van der Waals surface area (Å²) in [7, 11) is 1.63. The summed E-state index contributed by atoms with van der Waals surface area (Å²) in [4.78, 5) is 12.8. The van der Waals surface area contributed by atoms with E-state index in [0.717, 1.165) is 5.76 Å². The molecule has 0 aliphatic rings. The van der Waals surface area contributed by atoms with Gasteiger partial charge in [-0.05, 0) is 28.1 Å². The zero-order valence-corrected chi connectivity index (χ0v) is 10.7. The minimum atomic E-state index is -0.195. The maximum absolute atomic E-state index is 11.4. The Morgan fingerprint density at radius 2 is 2.38 bits per heavy atom. The number of aliphatic hydroxyl groups excluding tert-OH is 1. The standard InChI is InChI=1S/C10H15BrN2O3/c1-13(6-7-14)10(15)12-5-4-8-2-3-9(11)16-8/h2-3,14H,4-7H2,1H3,(H,12,15). The Kier molecular flexibility index (Phi) is 5.34. The zero-order chi connectivity index (χ0) is 12.0. The van der Waals surface area contributed by atoms with Gasteiger partial charge in [-0.25, -0.2) is 4.79 Å². The highest BCUT2D eigenvalue weighted by molar-refractivity contribution is 9.10. The molecule has 0 radical (unpaired) electrons. The quantitative estimate of drug-likeness (QED) is 0.857. The lowest BCUT2D eigenvalue weighted by molar-refractivity contribution is 0.190. The number of nitrogens with one attached hydrogen (secondary N) is 1. The molecule has 0 spiro atoms. The first-order valence-electron chi connectivity index (χ1n) is 4.97. The molecule has 0 aliphatic heterocycles. The number of rotatable bonds is 5. The van der Waals surface area contributed by atoms with Crippen molar-refractivity contribution in [1.82, 2.24) is 10.2 Å². The van der Waals surface area contributed by atoms with Gasteiger partial charge < -0.3 is 19.7 Å². The van der Waals surface area contributed by atoms with Gasteiger partial charge in [-0.1, -0.05) is 0 Å². The Morgan fingerprint density at radius 1 is 1.62 bits per heavy atom. The van der Waals surface area contributed by atoms with Crippen LogP contribution in [0.5, 0.6) is 0 Å². The van der Waals surface area contributed by atoms with Crippen LogP contribution in [0.2, 0.25) is 0 Å². The zero-order valence-electron chi connectivity index (χ0n) is 9.07. The number of amides is 2. The monoisotopic (exact) mass is 290 g/mol. The van der Waals surface area contributed by atoms with Crippen LogP contribution in [0.4, 0.5) is 4.79 Å². The molecule has 16 heavy (non-hydrogen) atoms. The molecule has 0 fully saturated rings. The summed E-state index contributed by atoms with van der Waals surface area (Å²) in [5.74, 6) is 0.817. The number of likely N-dealkylation sites (N-methyl/N-ethyl adjacent to an activating group) is 1. The molecule has 1 aromatic heterocycles. The number of urea groups is 1. The van der Waals surface area contributed by atoms with Crippen molar-refractivity contribution >= 4 is 22.0 Å². The molecule has 0 atom stereocenters. The molecule has 1 heterocycles. The van der Waals surface area contributed by atoms with Gasteiger partial charge in [-0.3, -0.25) is 0 Å². The van der Waals surface area contributed by atoms with Crippen LogP contribution in [0.25, 0.3) is 0 Å². The molecule has 0 saturated carbocycles. The maximum atomic E-state index is 11.4. The average Bonchev–Trinajstić information content (AvgIpc) is 2.64. The van der Waals surface area contributed by atoms with E-state index >= 15 is 0 Å². The Bertz CT molecular complexity index is 341. The van der Waals surface area contributed by atoms with Crippen LogP contribution < -0.4 is 5.32 Å². The van der Waals surface area contributed by atoms with E-state index in [-0.39, 0.29) is 12.6 Å². The van der Waals surface area contributed by atoms with Crippen LogP contribution in [0.15, 0.2) is 21.2 Å². The predicted molar refractivity (Wildman–Crippen MR) is 63.2 cm³/mol. The van der Waals surface area contributed by atoms with Crippen LogP contribution in [-0.4, -0.2) is 42.8 Å². The van der Waals surface area contributed by atoms with Gasteiger partial charge in [0, 0.05) is 26.6 Å². The fourth-order valence-corrected chi connectivity index (χ4v) is 1.51. The molecule has 0 unspecified atom stereocenters. The normalized spacial score (nSPS) is 10.2. The molecule has 1 aromatic rings. The third kappa shape index (κ3) is 4.24. The second kappa shape index (κ2) is 6.55. The lowest BCUT2D eigenvalue weighted by atomic mass is 10.3. The molecule has 0 bridgehead atoms. The van der Waals surface area contributed by atoms with Gasteiger partial charge in [-0.15, -0.1) is 0 Å². The summed E-state index contributed by atoms with van der Waals surface area (Å²) in [6, 6.07) is 3.47. The van der Waals surface area contributed by atoms with Crippen LogP contribution in [0.1, 0.15) is 5.76 Å². The first kappa shape index (κ1) is 13.1. The Balaban J connectivity index is 2.22. The van der Waals surface area contributed by atoms with Crippen molar-refractivity contribution in [2.24, 2.45) is 0 Å². The first-order chi connectivity index (χ1) is 7.63. The van der Waals surface area contributed by atoms with Crippen molar-refractivity contribution < 1.29 is 14.3 Å². The maximum Gasteiger partial charge on any atom is 0.317 e. The number of carbonyl (C=O) groups excluding carboxylic acids is 1. The molecule has 2 amide bonds. The van der Waals surface area contributed by atoms with Crippen LogP contribution >= 0.6 is 15.9 Å². The minimum absolute atomic E-state index is 0.0327. The van der Waals surface area contributed by atoms with Crippen molar-refractivity contribution in [3.05, 3.63) is 22.6 Å². The molecule has 0 aliphatic carbocycles. The Labute approximate surface area is 103 Å². The molecular weight excluding hydrogens is 276 g/mol. The molecule has 1 rings (SSSR count). The highest BCUT2D eigenvalue weighted by Gasteiger charge is 2.07. The van der Waals surface area contributed by atoms with Crippen molar-refractivity contribution in [2.75, 3.05) is 26.7 Å².